The third-order valence-electron chi connectivity index (χ3n) is 1.89. The van der Waals surface area contributed by atoms with Gasteiger partial charge in [0.25, 0.3) is 0 Å². The van der Waals surface area contributed by atoms with Crippen molar-refractivity contribution < 1.29 is 18.1 Å². The molecular formula is C9H8ClF3N2O2. The Morgan fingerprint density at radius 2 is 2.06 bits per heavy atom. The summed E-state index contributed by atoms with van der Waals surface area (Å²) in [5.74, 6) is 0. The average molecular weight is 269 g/mol. The minimum absolute atomic E-state index is 0.0215. The number of halogens is 4. The van der Waals surface area contributed by atoms with Gasteiger partial charge in [0.05, 0.1) is 11.3 Å². The molecule has 0 heterocycles. The zero-order chi connectivity index (χ0) is 13.1. The van der Waals surface area contributed by atoms with Crippen molar-refractivity contribution in [2.75, 3.05) is 11.9 Å². The molecule has 8 heteroatoms. The molecule has 4 nitrogen and oxygen atoms in total. The summed E-state index contributed by atoms with van der Waals surface area (Å²) in [4.78, 5) is 9.92. The molecule has 0 spiro atoms. The summed E-state index contributed by atoms with van der Waals surface area (Å²) in [7, 11) is 0. The van der Waals surface area contributed by atoms with Gasteiger partial charge < -0.3 is 5.32 Å². The van der Waals surface area contributed by atoms with Gasteiger partial charge in [-0.05, 0) is 12.1 Å². The van der Waals surface area contributed by atoms with E-state index in [1.807, 2.05) is 0 Å². The Morgan fingerprint density at radius 3 is 2.59 bits per heavy atom. The molecule has 94 valence electrons. The Labute approximate surface area is 99.5 Å². The molecule has 0 fully saturated rings. The van der Waals surface area contributed by atoms with Crippen LogP contribution in [0.15, 0.2) is 18.2 Å². The van der Waals surface area contributed by atoms with Gasteiger partial charge in [0, 0.05) is 6.54 Å². The van der Waals surface area contributed by atoms with E-state index in [1.165, 1.54) is 18.2 Å². The van der Waals surface area contributed by atoms with Gasteiger partial charge in [0.2, 0.25) is 0 Å². The van der Waals surface area contributed by atoms with E-state index in [2.05, 4.69) is 5.32 Å². The van der Waals surface area contributed by atoms with Crippen LogP contribution in [0.1, 0.15) is 6.42 Å². The van der Waals surface area contributed by atoms with Gasteiger partial charge in [0.15, 0.2) is 0 Å². The molecule has 0 aliphatic heterocycles. The maximum Gasteiger partial charge on any atom is 0.390 e. The van der Waals surface area contributed by atoms with E-state index in [9.17, 15) is 23.3 Å². The number of nitro benzene ring substituents is 1. The van der Waals surface area contributed by atoms with Gasteiger partial charge >= 0.3 is 11.9 Å². The van der Waals surface area contributed by atoms with Crippen LogP contribution in [-0.2, 0) is 0 Å². The molecule has 0 amide bonds. The predicted molar refractivity (Wildman–Crippen MR) is 57.3 cm³/mol. The first-order valence-electron chi connectivity index (χ1n) is 4.55. The second-order valence-electron chi connectivity index (χ2n) is 3.19. The highest BCUT2D eigenvalue weighted by atomic mass is 35.5. The zero-order valence-corrected chi connectivity index (χ0v) is 9.18. The maximum atomic E-state index is 11.9. The topological polar surface area (TPSA) is 55.2 Å². The third kappa shape index (κ3) is 4.10. The minimum Gasteiger partial charge on any atom is -0.379 e. The Bertz CT molecular complexity index is 423. The van der Waals surface area contributed by atoms with Gasteiger partial charge in [-0.25, -0.2) is 0 Å². The van der Waals surface area contributed by atoms with Crippen LogP contribution in [0.5, 0.6) is 0 Å². The molecule has 0 saturated heterocycles. The van der Waals surface area contributed by atoms with Crippen LogP contribution in [0.4, 0.5) is 24.5 Å². The number of nitro groups is 1. The number of hydrogen-bond donors (Lipinski definition) is 1. The van der Waals surface area contributed by atoms with E-state index in [4.69, 9.17) is 11.6 Å². The predicted octanol–water partition coefficient (Wildman–Crippen LogP) is 3.61. The van der Waals surface area contributed by atoms with Crippen molar-refractivity contribution in [3.8, 4) is 0 Å². The van der Waals surface area contributed by atoms with Crippen LogP contribution >= 0.6 is 11.6 Å². The summed E-state index contributed by atoms with van der Waals surface area (Å²) in [6, 6.07) is 4.03. The van der Waals surface area contributed by atoms with Crippen LogP contribution in [0, 0.1) is 10.1 Å². The molecular weight excluding hydrogens is 261 g/mol. The first-order chi connectivity index (χ1) is 7.81. The maximum absolute atomic E-state index is 11.9. The largest absolute Gasteiger partial charge is 0.390 e. The number of hydrogen-bond acceptors (Lipinski definition) is 3. The summed E-state index contributed by atoms with van der Waals surface area (Å²) in [5.41, 5.74) is -0.442. The van der Waals surface area contributed by atoms with Crippen LogP contribution < -0.4 is 5.32 Å². The lowest BCUT2D eigenvalue weighted by molar-refractivity contribution is -0.383. The first kappa shape index (κ1) is 13.6. The van der Waals surface area contributed by atoms with Gasteiger partial charge in [-0.1, -0.05) is 17.7 Å². The second kappa shape index (κ2) is 5.22. The Balaban J connectivity index is 2.78. The van der Waals surface area contributed by atoms with Gasteiger partial charge in [-0.2, -0.15) is 13.2 Å². The highest BCUT2D eigenvalue weighted by Crippen LogP contribution is 2.32. The fourth-order valence-electron chi connectivity index (χ4n) is 1.18. The normalized spacial score (nSPS) is 11.3. The average Bonchev–Trinajstić information content (AvgIpc) is 2.14. The van der Waals surface area contributed by atoms with E-state index in [0.717, 1.165) is 0 Å². The van der Waals surface area contributed by atoms with E-state index in [-0.39, 0.29) is 10.7 Å². The molecule has 1 rings (SSSR count). The lowest BCUT2D eigenvalue weighted by Crippen LogP contribution is -2.15. The Kier molecular flexibility index (Phi) is 4.17. The van der Waals surface area contributed by atoms with Crippen molar-refractivity contribution >= 4 is 23.0 Å². The van der Waals surface area contributed by atoms with Crippen molar-refractivity contribution in [1.29, 1.82) is 0 Å². The van der Waals surface area contributed by atoms with Crippen LogP contribution in [0.3, 0.4) is 0 Å². The highest BCUT2D eigenvalue weighted by Gasteiger charge is 2.27. The number of nitrogens with one attached hydrogen (secondary N) is 1. The fourth-order valence-corrected chi connectivity index (χ4v) is 1.43. The zero-order valence-electron chi connectivity index (χ0n) is 8.42. The van der Waals surface area contributed by atoms with Crippen LogP contribution in [-0.4, -0.2) is 17.6 Å². The molecule has 0 bridgehead atoms. The summed E-state index contributed by atoms with van der Waals surface area (Å²) < 4.78 is 35.7. The summed E-state index contributed by atoms with van der Waals surface area (Å²) in [5, 5.41) is 12.9. The van der Waals surface area contributed by atoms with Crippen molar-refractivity contribution in [2.45, 2.75) is 12.6 Å². The van der Waals surface area contributed by atoms with Gasteiger partial charge in [0.1, 0.15) is 10.7 Å². The van der Waals surface area contributed by atoms with E-state index in [0.29, 0.717) is 0 Å². The first-order valence-corrected chi connectivity index (χ1v) is 4.92. The van der Waals surface area contributed by atoms with Gasteiger partial charge in [-0.15, -0.1) is 0 Å². The fraction of sp³-hybridized carbons (Fsp3) is 0.333. The van der Waals surface area contributed by atoms with E-state index >= 15 is 0 Å². The lowest BCUT2D eigenvalue weighted by atomic mass is 10.2. The van der Waals surface area contributed by atoms with Crippen LogP contribution in [0.25, 0.3) is 0 Å². The van der Waals surface area contributed by atoms with Gasteiger partial charge in [-0.3, -0.25) is 10.1 Å². The standard InChI is InChI=1S/C9H8ClF3N2O2/c10-6-2-1-3-7(8(6)15(16)17)14-5-4-9(11,12)13/h1-3,14H,4-5H2. The van der Waals surface area contributed by atoms with Crippen molar-refractivity contribution in [1.82, 2.24) is 0 Å². The van der Waals surface area contributed by atoms with E-state index < -0.39 is 29.8 Å². The number of nitrogens with zero attached hydrogens (tertiary/aromatic N) is 1. The van der Waals surface area contributed by atoms with E-state index in [1.54, 1.807) is 0 Å². The number of anilines is 1. The lowest BCUT2D eigenvalue weighted by Gasteiger charge is -2.09. The van der Waals surface area contributed by atoms with Crippen molar-refractivity contribution in [2.24, 2.45) is 0 Å². The summed E-state index contributed by atoms with van der Waals surface area (Å²) >= 11 is 5.59. The molecule has 0 saturated carbocycles. The number of alkyl halides is 3. The molecule has 0 atom stereocenters. The van der Waals surface area contributed by atoms with Crippen molar-refractivity contribution in [3.63, 3.8) is 0 Å². The molecule has 0 aromatic heterocycles. The summed E-state index contributed by atoms with van der Waals surface area (Å²) in [6.07, 6.45) is -5.38. The molecule has 1 aromatic rings. The second-order valence-corrected chi connectivity index (χ2v) is 3.59. The smallest absolute Gasteiger partial charge is 0.379 e. The third-order valence-corrected chi connectivity index (χ3v) is 2.20. The molecule has 0 aliphatic rings. The number of rotatable bonds is 4. The quantitative estimate of drug-likeness (QED) is 0.670. The highest BCUT2D eigenvalue weighted by molar-refractivity contribution is 6.33. The molecule has 0 aliphatic carbocycles. The minimum atomic E-state index is -4.31. The Hall–Kier alpha value is -1.50. The molecule has 1 N–H and O–H groups in total. The molecule has 1 aromatic carbocycles. The molecule has 0 unspecified atom stereocenters. The van der Waals surface area contributed by atoms with Crippen molar-refractivity contribution in [3.05, 3.63) is 33.3 Å². The SMILES string of the molecule is O=[N+]([O-])c1c(Cl)cccc1NCCC(F)(F)F. The Morgan fingerprint density at radius 1 is 1.41 bits per heavy atom. The summed E-state index contributed by atoms with van der Waals surface area (Å²) in [6.45, 7) is -0.440. The monoisotopic (exact) mass is 268 g/mol. The van der Waals surface area contributed by atoms with Crippen LogP contribution in [0.2, 0.25) is 5.02 Å². The number of para-hydroxylation sites is 1. The molecule has 17 heavy (non-hydrogen) atoms. The molecule has 0 radical (unpaired) electrons. The number of benzene rings is 1.